The molecule has 8 heteroatoms. The van der Waals surface area contributed by atoms with Gasteiger partial charge in [-0.3, -0.25) is 24.3 Å². The maximum Gasteiger partial charge on any atom is 0.264 e. The van der Waals surface area contributed by atoms with Gasteiger partial charge in [-0.15, -0.1) is 0 Å². The summed E-state index contributed by atoms with van der Waals surface area (Å²) in [7, 11) is 0. The first-order valence-corrected chi connectivity index (χ1v) is 10.9. The summed E-state index contributed by atoms with van der Waals surface area (Å²) in [4.78, 5) is 25.3. The van der Waals surface area contributed by atoms with Gasteiger partial charge in [-0.25, -0.2) is 4.98 Å². The van der Waals surface area contributed by atoms with Crippen LogP contribution in [-0.2, 0) is 11.3 Å². The van der Waals surface area contributed by atoms with Crippen LogP contribution in [0.2, 0.25) is 0 Å². The second-order valence-corrected chi connectivity index (χ2v) is 8.41. The SMILES string of the molecule is CC[C@@H]1CN(Cc2ccccn2)C[C@H]1c1nc2[nH]ncc2c(=O)n1C1CCOCC1. The quantitative estimate of drug-likeness (QED) is 0.698. The van der Waals surface area contributed by atoms with Gasteiger partial charge in [-0.2, -0.15) is 5.10 Å². The molecule has 5 rings (SSSR count). The average Bonchev–Trinajstić information content (AvgIpc) is 3.42. The number of likely N-dealkylation sites (tertiary alicyclic amines) is 1. The molecule has 2 fully saturated rings. The molecule has 2 atom stereocenters. The number of ether oxygens (including phenoxy) is 1. The van der Waals surface area contributed by atoms with Crippen LogP contribution in [0.25, 0.3) is 11.0 Å². The van der Waals surface area contributed by atoms with Crippen LogP contribution in [-0.4, -0.2) is 55.9 Å². The van der Waals surface area contributed by atoms with Gasteiger partial charge in [0.2, 0.25) is 0 Å². The third kappa shape index (κ3) is 3.54. The normalized spacial score (nSPS) is 23.4. The maximum atomic E-state index is 13.4. The third-order valence-electron chi connectivity index (χ3n) is 6.58. The lowest BCUT2D eigenvalue weighted by Gasteiger charge is -2.29. The lowest BCUT2D eigenvalue weighted by molar-refractivity contribution is 0.0671. The Morgan fingerprint density at radius 2 is 2.10 bits per heavy atom. The van der Waals surface area contributed by atoms with E-state index in [1.54, 1.807) is 6.20 Å². The van der Waals surface area contributed by atoms with Gasteiger partial charge in [0, 0.05) is 51.0 Å². The number of aromatic nitrogens is 5. The highest BCUT2D eigenvalue weighted by molar-refractivity contribution is 5.72. The Kier molecular flexibility index (Phi) is 5.35. The number of nitrogens with zero attached hydrogens (tertiary/aromatic N) is 5. The number of nitrogens with one attached hydrogen (secondary N) is 1. The molecule has 0 bridgehead atoms. The third-order valence-corrected chi connectivity index (χ3v) is 6.58. The Morgan fingerprint density at radius 1 is 1.23 bits per heavy atom. The fourth-order valence-electron chi connectivity index (χ4n) is 5.00. The van der Waals surface area contributed by atoms with Crippen molar-refractivity contribution in [2.45, 2.75) is 44.7 Å². The summed E-state index contributed by atoms with van der Waals surface area (Å²) in [5.41, 5.74) is 1.69. The first-order valence-electron chi connectivity index (χ1n) is 10.9. The second kappa shape index (κ2) is 8.28. The number of fused-ring (bicyclic) bond motifs is 1. The van der Waals surface area contributed by atoms with Gasteiger partial charge < -0.3 is 4.74 Å². The van der Waals surface area contributed by atoms with E-state index < -0.39 is 0 Å². The van der Waals surface area contributed by atoms with Crippen LogP contribution in [0.15, 0.2) is 35.4 Å². The van der Waals surface area contributed by atoms with E-state index in [1.807, 2.05) is 22.9 Å². The zero-order valence-corrected chi connectivity index (χ0v) is 17.3. The van der Waals surface area contributed by atoms with Crippen molar-refractivity contribution < 1.29 is 4.74 Å². The summed E-state index contributed by atoms with van der Waals surface area (Å²) in [5.74, 6) is 1.56. The van der Waals surface area contributed by atoms with E-state index in [1.165, 1.54) is 0 Å². The molecule has 158 valence electrons. The summed E-state index contributed by atoms with van der Waals surface area (Å²) in [6, 6.07) is 6.18. The predicted octanol–water partition coefficient (Wildman–Crippen LogP) is 2.49. The van der Waals surface area contributed by atoms with E-state index in [-0.39, 0.29) is 17.5 Å². The molecule has 30 heavy (non-hydrogen) atoms. The highest BCUT2D eigenvalue weighted by atomic mass is 16.5. The molecule has 8 nitrogen and oxygen atoms in total. The Morgan fingerprint density at radius 3 is 2.87 bits per heavy atom. The molecule has 0 spiro atoms. The number of hydrogen-bond donors (Lipinski definition) is 1. The molecule has 5 heterocycles. The zero-order valence-electron chi connectivity index (χ0n) is 17.3. The molecule has 0 aromatic carbocycles. The van der Waals surface area contributed by atoms with Gasteiger partial charge >= 0.3 is 0 Å². The molecule has 0 amide bonds. The summed E-state index contributed by atoms with van der Waals surface area (Å²) in [5, 5.41) is 7.57. The fraction of sp³-hybridized carbons (Fsp3) is 0.545. The highest BCUT2D eigenvalue weighted by Gasteiger charge is 2.37. The molecule has 0 unspecified atom stereocenters. The lowest BCUT2D eigenvalue weighted by atomic mass is 9.92. The van der Waals surface area contributed by atoms with Crippen LogP contribution in [0.3, 0.4) is 0 Å². The minimum Gasteiger partial charge on any atom is -0.381 e. The number of H-pyrrole nitrogens is 1. The molecule has 2 saturated heterocycles. The topological polar surface area (TPSA) is 88.9 Å². The van der Waals surface area contributed by atoms with Gasteiger partial charge in [-0.05, 0) is 30.9 Å². The van der Waals surface area contributed by atoms with Crippen LogP contribution in [0, 0.1) is 5.92 Å². The van der Waals surface area contributed by atoms with Crippen molar-refractivity contribution in [2.75, 3.05) is 26.3 Å². The van der Waals surface area contributed by atoms with Crippen LogP contribution < -0.4 is 5.56 Å². The van der Waals surface area contributed by atoms with Crippen LogP contribution in [0.5, 0.6) is 0 Å². The molecular weight excluding hydrogens is 380 g/mol. The number of rotatable bonds is 5. The standard InChI is InChI=1S/C22H28N6O2/c1-2-15-12-27(13-16-5-3-4-8-23-16)14-19(15)21-25-20-18(11-24-26-20)22(29)28(21)17-6-9-30-10-7-17/h3-5,8,11,15,17,19H,2,6-7,9-10,12-14H2,1H3,(H,24,26)/t15-,19-/m1/s1. The van der Waals surface area contributed by atoms with E-state index in [0.717, 1.165) is 50.4 Å². The van der Waals surface area contributed by atoms with Crippen LogP contribution in [0.1, 0.15) is 49.7 Å². The minimum absolute atomic E-state index is 0.0219. The number of aromatic amines is 1. The minimum atomic E-state index is 0.0219. The monoisotopic (exact) mass is 408 g/mol. The number of hydrogen-bond acceptors (Lipinski definition) is 6. The molecule has 0 saturated carbocycles. The van der Waals surface area contributed by atoms with E-state index in [4.69, 9.17) is 9.72 Å². The average molecular weight is 409 g/mol. The van der Waals surface area contributed by atoms with E-state index >= 15 is 0 Å². The van der Waals surface area contributed by atoms with Gasteiger partial charge in [0.05, 0.1) is 11.9 Å². The fourth-order valence-corrected chi connectivity index (χ4v) is 5.00. The molecule has 3 aromatic heterocycles. The number of pyridine rings is 1. The van der Waals surface area contributed by atoms with Crippen LogP contribution in [0.4, 0.5) is 0 Å². The van der Waals surface area contributed by atoms with Gasteiger partial charge in [0.1, 0.15) is 11.2 Å². The molecule has 0 aliphatic carbocycles. The zero-order chi connectivity index (χ0) is 20.5. The largest absolute Gasteiger partial charge is 0.381 e. The van der Waals surface area contributed by atoms with Crippen molar-refractivity contribution in [1.82, 2.24) is 29.6 Å². The molecule has 2 aliphatic heterocycles. The summed E-state index contributed by atoms with van der Waals surface area (Å²) in [6.45, 7) is 6.29. The summed E-state index contributed by atoms with van der Waals surface area (Å²) >= 11 is 0. The molecule has 2 aliphatic rings. The maximum absolute atomic E-state index is 13.4. The van der Waals surface area contributed by atoms with Crippen molar-refractivity contribution in [2.24, 2.45) is 5.92 Å². The van der Waals surface area contributed by atoms with Gasteiger partial charge in [-0.1, -0.05) is 19.4 Å². The first-order chi connectivity index (χ1) is 14.7. The summed E-state index contributed by atoms with van der Waals surface area (Å²) in [6.07, 6.45) is 6.19. The van der Waals surface area contributed by atoms with E-state index in [2.05, 4.69) is 33.1 Å². The smallest absolute Gasteiger partial charge is 0.264 e. The lowest BCUT2D eigenvalue weighted by Crippen LogP contribution is -2.34. The Hall–Kier alpha value is -2.58. The molecule has 3 aromatic rings. The van der Waals surface area contributed by atoms with Gasteiger partial charge in [0.25, 0.3) is 5.56 Å². The van der Waals surface area contributed by atoms with Gasteiger partial charge in [0.15, 0.2) is 5.65 Å². The summed E-state index contributed by atoms with van der Waals surface area (Å²) < 4.78 is 7.53. The Balaban J connectivity index is 1.53. The predicted molar refractivity (Wildman–Crippen MR) is 113 cm³/mol. The van der Waals surface area contributed by atoms with Crippen molar-refractivity contribution >= 4 is 11.0 Å². The first kappa shape index (κ1) is 19.4. The van der Waals surface area contributed by atoms with Crippen molar-refractivity contribution in [1.29, 1.82) is 0 Å². The Labute approximate surface area is 175 Å². The van der Waals surface area contributed by atoms with Crippen molar-refractivity contribution in [3.63, 3.8) is 0 Å². The van der Waals surface area contributed by atoms with Crippen LogP contribution >= 0.6 is 0 Å². The Bertz CT molecular complexity index is 1060. The van der Waals surface area contributed by atoms with E-state index in [0.29, 0.717) is 30.2 Å². The highest BCUT2D eigenvalue weighted by Crippen LogP contribution is 2.36. The molecule has 0 radical (unpaired) electrons. The van der Waals surface area contributed by atoms with Crippen molar-refractivity contribution in [3.05, 3.63) is 52.5 Å². The van der Waals surface area contributed by atoms with E-state index in [9.17, 15) is 4.79 Å². The van der Waals surface area contributed by atoms with Crippen molar-refractivity contribution in [3.8, 4) is 0 Å². The molecular formula is C22H28N6O2. The second-order valence-electron chi connectivity index (χ2n) is 8.41. The molecule has 1 N–H and O–H groups in total.